The van der Waals surface area contributed by atoms with Gasteiger partial charge in [0.15, 0.2) is 0 Å². The highest BCUT2D eigenvalue weighted by Crippen LogP contribution is 2.19. The molecule has 24 heavy (non-hydrogen) atoms. The molecule has 0 saturated heterocycles. The van der Waals surface area contributed by atoms with Gasteiger partial charge in [0.2, 0.25) is 0 Å². The highest BCUT2D eigenvalue weighted by atomic mass is 16.3. The number of hydrogen-bond acceptors (Lipinski definition) is 4. The molecule has 0 radical (unpaired) electrons. The number of para-hydroxylation sites is 1. The van der Waals surface area contributed by atoms with E-state index in [0.717, 1.165) is 43.9 Å². The number of rotatable bonds is 8. The van der Waals surface area contributed by atoms with E-state index < -0.39 is 0 Å². The van der Waals surface area contributed by atoms with E-state index in [4.69, 9.17) is 4.42 Å². The number of aromatic nitrogens is 1. The molecule has 0 atom stereocenters. The van der Waals surface area contributed by atoms with E-state index in [9.17, 15) is 0 Å². The lowest BCUT2D eigenvalue weighted by Crippen LogP contribution is -2.26. The Morgan fingerprint density at radius 3 is 2.62 bits per heavy atom. The molecule has 0 fully saturated rings. The Hall–Kier alpha value is -2.17. The van der Waals surface area contributed by atoms with E-state index in [1.54, 1.807) is 6.26 Å². The van der Waals surface area contributed by atoms with Crippen LogP contribution in [0.25, 0.3) is 10.9 Å². The molecule has 0 aliphatic heterocycles. The van der Waals surface area contributed by atoms with Gasteiger partial charge in [0.25, 0.3) is 0 Å². The van der Waals surface area contributed by atoms with Gasteiger partial charge in [0.05, 0.1) is 18.3 Å². The summed E-state index contributed by atoms with van der Waals surface area (Å²) in [4.78, 5) is 9.14. The van der Waals surface area contributed by atoms with Crippen LogP contribution in [0.3, 0.4) is 0 Å². The minimum atomic E-state index is 0.830. The summed E-state index contributed by atoms with van der Waals surface area (Å²) in [7, 11) is 4.24. The average molecular weight is 323 g/mol. The van der Waals surface area contributed by atoms with Crippen molar-refractivity contribution in [1.29, 1.82) is 0 Å². The maximum atomic E-state index is 5.55. The molecular weight excluding hydrogens is 298 g/mol. The summed E-state index contributed by atoms with van der Waals surface area (Å²) >= 11 is 0. The molecule has 0 unspecified atom stereocenters. The summed E-state index contributed by atoms with van der Waals surface area (Å²) < 4.78 is 5.55. The SMILES string of the molecule is CN(C)CCCN(Cc1ccco1)Cc1ccnc2ccccc12. The minimum absolute atomic E-state index is 0.830. The zero-order chi connectivity index (χ0) is 16.8. The monoisotopic (exact) mass is 323 g/mol. The zero-order valence-electron chi connectivity index (χ0n) is 14.5. The molecule has 0 spiro atoms. The van der Waals surface area contributed by atoms with Crippen LogP contribution >= 0.6 is 0 Å². The van der Waals surface area contributed by atoms with Gasteiger partial charge < -0.3 is 9.32 Å². The van der Waals surface area contributed by atoms with E-state index in [1.807, 2.05) is 24.4 Å². The Bertz CT molecular complexity index is 747. The average Bonchev–Trinajstić information content (AvgIpc) is 3.08. The van der Waals surface area contributed by atoms with Crippen molar-refractivity contribution in [3.8, 4) is 0 Å². The fraction of sp³-hybridized carbons (Fsp3) is 0.350. The summed E-state index contributed by atoms with van der Waals surface area (Å²) in [5.74, 6) is 1.01. The maximum absolute atomic E-state index is 5.55. The topological polar surface area (TPSA) is 32.5 Å². The van der Waals surface area contributed by atoms with E-state index in [0.29, 0.717) is 0 Å². The van der Waals surface area contributed by atoms with Crippen molar-refractivity contribution in [3.05, 3.63) is 66.2 Å². The van der Waals surface area contributed by atoms with E-state index in [2.05, 4.69) is 53.1 Å². The number of hydrogen-bond donors (Lipinski definition) is 0. The number of fused-ring (bicyclic) bond motifs is 1. The van der Waals surface area contributed by atoms with Gasteiger partial charge in [-0.3, -0.25) is 9.88 Å². The van der Waals surface area contributed by atoms with Gasteiger partial charge in [-0.05, 0) is 56.9 Å². The molecule has 2 aromatic heterocycles. The van der Waals surface area contributed by atoms with E-state index in [-0.39, 0.29) is 0 Å². The molecule has 0 saturated carbocycles. The molecule has 1 aromatic carbocycles. The van der Waals surface area contributed by atoms with Crippen molar-refractivity contribution >= 4 is 10.9 Å². The predicted octanol–water partition coefficient (Wildman–Crippen LogP) is 3.78. The predicted molar refractivity (Wildman–Crippen MR) is 97.7 cm³/mol. The van der Waals surface area contributed by atoms with Crippen molar-refractivity contribution in [1.82, 2.24) is 14.8 Å². The second kappa shape index (κ2) is 8.08. The lowest BCUT2D eigenvalue weighted by atomic mass is 10.1. The van der Waals surface area contributed by atoms with Crippen molar-refractivity contribution in [2.75, 3.05) is 27.2 Å². The van der Waals surface area contributed by atoms with Gasteiger partial charge in [-0.2, -0.15) is 0 Å². The third-order valence-corrected chi connectivity index (χ3v) is 4.17. The molecule has 4 nitrogen and oxygen atoms in total. The molecule has 3 rings (SSSR count). The molecule has 0 aliphatic carbocycles. The van der Waals surface area contributed by atoms with E-state index >= 15 is 0 Å². The molecule has 3 aromatic rings. The summed E-state index contributed by atoms with van der Waals surface area (Å²) in [6.07, 6.45) is 4.79. The Morgan fingerprint density at radius 2 is 1.83 bits per heavy atom. The molecule has 4 heteroatoms. The Kier molecular flexibility index (Phi) is 5.62. The Balaban J connectivity index is 1.76. The number of nitrogens with zero attached hydrogens (tertiary/aromatic N) is 3. The van der Waals surface area contributed by atoms with Crippen LogP contribution in [0.2, 0.25) is 0 Å². The van der Waals surface area contributed by atoms with Crippen LogP contribution in [-0.2, 0) is 13.1 Å². The molecule has 126 valence electrons. The summed E-state index contributed by atoms with van der Waals surface area (Å²) in [6.45, 7) is 3.86. The quantitative estimate of drug-likeness (QED) is 0.631. The number of furan rings is 1. The Morgan fingerprint density at radius 1 is 0.958 bits per heavy atom. The van der Waals surface area contributed by atoms with Gasteiger partial charge in [0, 0.05) is 24.7 Å². The van der Waals surface area contributed by atoms with Crippen LogP contribution in [0, 0.1) is 0 Å². The summed E-state index contributed by atoms with van der Waals surface area (Å²) in [5.41, 5.74) is 2.37. The molecule has 0 amide bonds. The normalized spacial score (nSPS) is 11.7. The number of benzene rings is 1. The molecule has 0 bridgehead atoms. The van der Waals surface area contributed by atoms with Crippen LogP contribution in [0.4, 0.5) is 0 Å². The first-order chi connectivity index (χ1) is 11.7. The fourth-order valence-corrected chi connectivity index (χ4v) is 2.98. The van der Waals surface area contributed by atoms with Crippen LogP contribution in [-0.4, -0.2) is 42.0 Å². The van der Waals surface area contributed by atoms with Crippen LogP contribution in [0.5, 0.6) is 0 Å². The minimum Gasteiger partial charge on any atom is -0.468 e. The fourth-order valence-electron chi connectivity index (χ4n) is 2.98. The van der Waals surface area contributed by atoms with Gasteiger partial charge in [-0.15, -0.1) is 0 Å². The molecule has 0 N–H and O–H groups in total. The standard InChI is InChI=1S/C20H25N3O/c1-22(2)12-6-13-23(16-18-7-5-14-24-18)15-17-10-11-21-20-9-4-3-8-19(17)20/h3-5,7-11,14H,6,12-13,15-16H2,1-2H3. The largest absolute Gasteiger partial charge is 0.468 e. The van der Waals surface area contributed by atoms with Gasteiger partial charge in [-0.25, -0.2) is 0 Å². The van der Waals surface area contributed by atoms with Crippen LogP contribution in [0.15, 0.2) is 59.3 Å². The van der Waals surface area contributed by atoms with Gasteiger partial charge in [0.1, 0.15) is 5.76 Å². The van der Waals surface area contributed by atoms with Crippen molar-refractivity contribution < 1.29 is 4.42 Å². The third-order valence-electron chi connectivity index (χ3n) is 4.17. The third kappa shape index (κ3) is 4.43. The first kappa shape index (κ1) is 16.7. The van der Waals surface area contributed by atoms with Crippen LogP contribution < -0.4 is 0 Å². The zero-order valence-corrected chi connectivity index (χ0v) is 14.5. The summed E-state index contributed by atoms with van der Waals surface area (Å²) in [6, 6.07) is 14.5. The van der Waals surface area contributed by atoms with Gasteiger partial charge in [-0.1, -0.05) is 18.2 Å². The maximum Gasteiger partial charge on any atom is 0.117 e. The smallest absolute Gasteiger partial charge is 0.117 e. The van der Waals surface area contributed by atoms with Crippen molar-refractivity contribution in [2.24, 2.45) is 0 Å². The molecule has 0 aliphatic rings. The second-order valence-corrected chi connectivity index (χ2v) is 6.43. The number of pyridine rings is 1. The lowest BCUT2D eigenvalue weighted by molar-refractivity contribution is 0.223. The van der Waals surface area contributed by atoms with E-state index in [1.165, 1.54) is 10.9 Å². The highest BCUT2D eigenvalue weighted by molar-refractivity contribution is 5.81. The van der Waals surface area contributed by atoms with Crippen molar-refractivity contribution in [3.63, 3.8) is 0 Å². The van der Waals surface area contributed by atoms with Gasteiger partial charge >= 0.3 is 0 Å². The lowest BCUT2D eigenvalue weighted by Gasteiger charge is -2.23. The second-order valence-electron chi connectivity index (χ2n) is 6.43. The van der Waals surface area contributed by atoms with Crippen LogP contribution in [0.1, 0.15) is 17.7 Å². The first-order valence-corrected chi connectivity index (χ1v) is 8.44. The molecule has 2 heterocycles. The summed E-state index contributed by atoms with van der Waals surface area (Å²) in [5, 5.41) is 1.23. The molecular formula is C20H25N3O. The first-order valence-electron chi connectivity index (χ1n) is 8.44. The Labute approximate surface area is 143 Å². The van der Waals surface area contributed by atoms with Crippen molar-refractivity contribution in [2.45, 2.75) is 19.5 Å². The highest BCUT2D eigenvalue weighted by Gasteiger charge is 2.11.